The first kappa shape index (κ1) is 18.3. The second kappa shape index (κ2) is 13.0. The topological polar surface area (TPSA) is 3.24 Å². The van der Waals surface area contributed by atoms with Crippen LogP contribution < -0.4 is 0 Å². The van der Waals surface area contributed by atoms with Gasteiger partial charge in [0, 0.05) is 6.04 Å². The van der Waals surface area contributed by atoms with E-state index in [9.17, 15) is 0 Å². The van der Waals surface area contributed by atoms with Crippen LogP contribution in [0.2, 0.25) is 0 Å². The van der Waals surface area contributed by atoms with Gasteiger partial charge in [0.25, 0.3) is 0 Å². The molecule has 1 rings (SSSR count). The lowest BCUT2D eigenvalue weighted by atomic mass is 9.92. The summed E-state index contributed by atoms with van der Waals surface area (Å²) in [7, 11) is 2.29. The third-order valence-corrected chi connectivity index (χ3v) is 3.21. The van der Waals surface area contributed by atoms with Crippen LogP contribution in [0.3, 0.4) is 0 Å². The number of likely N-dealkylation sites (tertiary alicyclic amines) is 1. The third-order valence-electron chi connectivity index (χ3n) is 3.21. The molecular weight excluding hydrogens is 194 g/mol. The van der Waals surface area contributed by atoms with Gasteiger partial charge >= 0.3 is 0 Å². The van der Waals surface area contributed by atoms with E-state index in [-0.39, 0.29) is 0 Å². The fourth-order valence-corrected chi connectivity index (χ4v) is 2.55. The Morgan fingerprint density at radius 2 is 1.44 bits per heavy atom. The Morgan fingerprint density at radius 1 is 0.938 bits per heavy atom. The van der Waals surface area contributed by atoms with Crippen LogP contribution in [-0.4, -0.2) is 24.5 Å². The lowest BCUT2D eigenvalue weighted by Gasteiger charge is -2.24. The van der Waals surface area contributed by atoms with Crippen molar-refractivity contribution >= 4 is 0 Å². The maximum atomic E-state index is 2.56. The SMILES string of the molecule is CC.CC.CCCC1CCN(C)C1CCC. The van der Waals surface area contributed by atoms with Crippen molar-refractivity contribution in [2.24, 2.45) is 5.92 Å². The van der Waals surface area contributed by atoms with Crippen LogP contribution in [-0.2, 0) is 0 Å². The molecule has 0 N–H and O–H groups in total. The van der Waals surface area contributed by atoms with Gasteiger partial charge in [0.05, 0.1) is 0 Å². The summed E-state index contributed by atoms with van der Waals surface area (Å²) in [5.74, 6) is 1.000. The predicted octanol–water partition coefficient (Wildman–Crippen LogP) is 4.96. The normalized spacial score (nSPS) is 24.2. The minimum absolute atomic E-state index is 0.898. The summed E-state index contributed by atoms with van der Waals surface area (Å²) in [5.41, 5.74) is 0. The highest BCUT2D eigenvalue weighted by molar-refractivity contribution is 4.84. The molecule has 100 valence electrons. The van der Waals surface area contributed by atoms with E-state index in [0.717, 1.165) is 12.0 Å². The number of hydrogen-bond donors (Lipinski definition) is 0. The predicted molar refractivity (Wildman–Crippen MR) is 77.0 cm³/mol. The van der Waals surface area contributed by atoms with E-state index in [2.05, 4.69) is 25.8 Å². The first-order valence-corrected chi connectivity index (χ1v) is 7.49. The quantitative estimate of drug-likeness (QED) is 0.658. The Kier molecular flexibility index (Phi) is 14.9. The molecule has 2 atom stereocenters. The average molecular weight is 229 g/mol. The minimum atomic E-state index is 0.898. The maximum absolute atomic E-state index is 2.56. The Morgan fingerprint density at radius 3 is 1.88 bits per heavy atom. The molecule has 1 nitrogen and oxygen atoms in total. The van der Waals surface area contributed by atoms with E-state index in [4.69, 9.17) is 0 Å². The van der Waals surface area contributed by atoms with Gasteiger partial charge in [-0.3, -0.25) is 0 Å². The van der Waals surface area contributed by atoms with E-state index >= 15 is 0 Å². The maximum Gasteiger partial charge on any atom is 0.0121 e. The lowest BCUT2D eigenvalue weighted by Crippen LogP contribution is -2.29. The van der Waals surface area contributed by atoms with Crippen LogP contribution in [0.4, 0.5) is 0 Å². The smallest absolute Gasteiger partial charge is 0.0121 e. The van der Waals surface area contributed by atoms with E-state index in [0.29, 0.717) is 0 Å². The molecule has 1 aliphatic heterocycles. The molecule has 0 aliphatic carbocycles. The van der Waals surface area contributed by atoms with Crippen molar-refractivity contribution in [3.63, 3.8) is 0 Å². The van der Waals surface area contributed by atoms with Gasteiger partial charge in [-0.05, 0) is 38.8 Å². The Balaban J connectivity index is 0. The highest BCUT2D eigenvalue weighted by Gasteiger charge is 2.29. The van der Waals surface area contributed by atoms with Gasteiger partial charge in [-0.25, -0.2) is 0 Å². The minimum Gasteiger partial charge on any atom is -0.303 e. The van der Waals surface area contributed by atoms with E-state index in [1.54, 1.807) is 0 Å². The molecule has 1 heteroatoms. The zero-order valence-corrected chi connectivity index (χ0v) is 12.8. The molecule has 1 aliphatic rings. The monoisotopic (exact) mass is 229 g/mol. The summed E-state index contributed by atoms with van der Waals surface area (Å²) < 4.78 is 0. The fraction of sp³-hybridized carbons (Fsp3) is 1.00. The third kappa shape index (κ3) is 6.52. The number of nitrogens with zero attached hydrogens (tertiary/aromatic N) is 1. The molecule has 1 fully saturated rings. The van der Waals surface area contributed by atoms with Crippen molar-refractivity contribution in [1.29, 1.82) is 0 Å². The van der Waals surface area contributed by atoms with E-state index in [1.807, 2.05) is 27.7 Å². The zero-order valence-electron chi connectivity index (χ0n) is 12.8. The van der Waals surface area contributed by atoms with Crippen LogP contribution in [0, 0.1) is 5.92 Å². The Labute approximate surface area is 105 Å². The lowest BCUT2D eigenvalue weighted by molar-refractivity contribution is 0.248. The molecule has 2 unspecified atom stereocenters. The highest BCUT2D eigenvalue weighted by Crippen LogP contribution is 2.29. The summed E-state index contributed by atoms with van der Waals surface area (Å²) in [6.07, 6.45) is 6.99. The standard InChI is InChI=1S/C11H23N.2C2H6/c1-4-6-10-8-9-12(3)11(10)7-5-2;2*1-2/h10-11H,4-9H2,1-3H3;2*1-2H3. The van der Waals surface area contributed by atoms with Crippen molar-refractivity contribution in [3.8, 4) is 0 Å². The van der Waals surface area contributed by atoms with Gasteiger partial charge in [0.1, 0.15) is 0 Å². The largest absolute Gasteiger partial charge is 0.303 e. The van der Waals surface area contributed by atoms with Gasteiger partial charge in [-0.15, -0.1) is 0 Å². The molecule has 0 aromatic heterocycles. The Bertz CT molecular complexity index is 121. The van der Waals surface area contributed by atoms with Gasteiger partial charge in [-0.2, -0.15) is 0 Å². The molecule has 0 bridgehead atoms. The van der Waals surface area contributed by atoms with Gasteiger partial charge in [0.2, 0.25) is 0 Å². The molecule has 0 spiro atoms. The summed E-state index contributed by atoms with van der Waals surface area (Å²) in [4.78, 5) is 2.56. The fourth-order valence-electron chi connectivity index (χ4n) is 2.55. The van der Waals surface area contributed by atoms with Gasteiger partial charge in [-0.1, -0.05) is 54.4 Å². The van der Waals surface area contributed by atoms with E-state index < -0.39 is 0 Å². The Hall–Kier alpha value is -0.0400. The average Bonchev–Trinajstić information content (AvgIpc) is 2.68. The van der Waals surface area contributed by atoms with E-state index in [1.165, 1.54) is 38.6 Å². The number of hydrogen-bond acceptors (Lipinski definition) is 1. The van der Waals surface area contributed by atoms with Crippen molar-refractivity contribution in [1.82, 2.24) is 4.90 Å². The molecule has 0 aromatic carbocycles. The van der Waals surface area contributed by atoms with Crippen LogP contribution in [0.25, 0.3) is 0 Å². The van der Waals surface area contributed by atoms with Crippen molar-refractivity contribution in [2.75, 3.05) is 13.6 Å². The molecule has 0 amide bonds. The summed E-state index contributed by atoms with van der Waals surface area (Å²) in [6.45, 7) is 13.9. The van der Waals surface area contributed by atoms with Crippen LogP contribution in [0.1, 0.15) is 73.6 Å². The summed E-state index contributed by atoms with van der Waals surface area (Å²) >= 11 is 0. The zero-order chi connectivity index (χ0) is 13.0. The van der Waals surface area contributed by atoms with Crippen LogP contribution in [0.5, 0.6) is 0 Å². The first-order chi connectivity index (χ1) is 7.79. The van der Waals surface area contributed by atoms with Gasteiger partial charge in [0.15, 0.2) is 0 Å². The van der Waals surface area contributed by atoms with Gasteiger partial charge < -0.3 is 4.90 Å². The highest BCUT2D eigenvalue weighted by atomic mass is 15.2. The van der Waals surface area contributed by atoms with Crippen LogP contribution in [0.15, 0.2) is 0 Å². The molecule has 0 aromatic rings. The molecule has 1 saturated heterocycles. The molecule has 16 heavy (non-hydrogen) atoms. The van der Waals surface area contributed by atoms with Crippen LogP contribution >= 0.6 is 0 Å². The summed E-state index contributed by atoms with van der Waals surface area (Å²) in [6, 6.07) is 0.898. The van der Waals surface area contributed by atoms with Crippen molar-refractivity contribution in [2.45, 2.75) is 79.7 Å². The summed E-state index contributed by atoms with van der Waals surface area (Å²) in [5, 5.41) is 0. The molecular formula is C15H35N. The second-order valence-corrected chi connectivity index (χ2v) is 4.17. The van der Waals surface area contributed by atoms with Crippen molar-refractivity contribution < 1.29 is 0 Å². The number of rotatable bonds is 4. The molecule has 0 radical (unpaired) electrons. The molecule has 0 saturated carbocycles. The van der Waals surface area contributed by atoms with Crippen molar-refractivity contribution in [3.05, 3.63) is 0 Å². The molecule has 1 heterocycles. The first-order valence-electron chi connectivity index (χ1n) is 7.49. The second-order valence-electron chi connectivity index (χ2n) is 4.17.